The van der Waals surface area contributed by atoms with Crippen molar-refractivity contribution in [3.63, 3.8) is 0 Å². The Bertz CT molecular complexity index is 495. The van der Waals surface area contributed by atoms with E-state index in [4.69, 9.17) is 9.63 Å². The predicted octanol–water partition coefficient (Wildman–Crippen LogP) is 1.64. The van der Waals surface area contributed by atoms with Crippen LogP contribution in [0.1, 0.15) is 44.8 Å². The molecule has 130 valence electrons. The summed E-state index contributed by atoms with van der Waals surface area (Å²) in [7, 11) is 1.88. The van der Waals surface area contributed by atoms with Crippen LogP contribution in [0.3, 0.4) is 0 Å². The van der Waals surface area contributed by atoms with Crippen molar-refractivity contribution in [3.05, 3.63) is 11.7 Å². The molecule has 7 nitrogen and oxygen atoms in total. The van der Waals surface area contributed by atoms with Crippen LogP contribution in [0, 0.1) is 5.92 Å². The number of likely N-dealkylation sites (tertiary alicyclic amines) is 1. The van der Waals surface area contributed by atoms with Gasteiger partial charge in [-0.15, -0.1) is 0 Å². The number of rotatable bonds is 8. The summed E-state index contributed by atoms with van der Waals surface area (Å²) in [5.74, 6) is 1.35. The van der Waals surface area contributed by atoms with Gasteiger partial charge >= 0.3 is 5.97 Å². The molecule has 1 N–H and O–H groups in total. The Kier molecular flexibility index (Phi) is 6.53. The number of aliphatic carboxylic acids is 1. The fraction of sp³-hybridized carbons (Fsp3) is 0.812. The van der Waals surface area contributed by atoms with Gasteiger partial charge in [0.15, 0.2) is 5.82 Å². The summed E-state index contributed by atoms with van der Waals surface area (Å²) < 4.78 is 5.34. The topological polar surface area (TPSA) is 82.7 Å². The number of likely N-dealkylation sites (N-methyl/N-ethyl adjacent to an activating group) is 1. The Morgan fingerprint density at radius 1 is 1.43 bits per heavy atom. The van der Waals surface area contributed by atoms with Crippen LogP contribution in [0.15, 0.2) is 4.52 Å². The van der Waals surface area contributed by atoms with Crippen molar-refractivity contribution in [3.8, 4) is 0 Å². The zero-order valence-electron chi connectivity index (χ0n) is 14.4. The molecular formula is C16H28N4O3. The van der Waals surface area contributed by atoms with Crippen LogP contribution in [-0.2, 0) is 17.8 Å². The molecule has 0 aliphatic carbocycles. The van der Waals surface area contributed by atoms with Crippen molar-refractivity contribution >= 4 is 5.97 Å². The van der Waals surface area contributed by atoms with Crippen LogP contribution in [0.5, 0.6) is 0 Å². The molecule has 0 amide bonds. The lowest BCUT2D eigenvalue weighted by molar-refractivity contribution is -0.138. The SMILES string of the molecule is CC(C)CCc1noc(CN2CCC(N(C)CC(=O)O)CC2)n1. The molecule has 1 aliphatic heterocycles. The maximum atomic E-state index is 10.8. The Morgan fingerprint density at radius 2 is 2.13 bits per heavy atom. The second-order valence-electron chi connectivity index (χ2n) is 6.85. The summed E-state index contributed by atoms with van der Waals surface area (Å²) >= 11 is 0. The van der Waals surface area contributed by atoms with Crippen molar-refractivity contribution in [2.24, 2.45) is 5.92 Å². The van der Waals surface area contributed by atoms with Crippen LogP contribution in [0.4, 0.5) is 0 Å². The standard InChI is InChI=1S/C16H28N4O3/c1-12(2)4-5-14-17-15(23-18-14)10-20-8-6-13(7-9-20)19(3)11-16(21)22/h12-13H,4-11H2,1-3H3,(H,21,22). The lowest BCUT2D eigenvalue weighted by atomic mass is 10.0. The van der Waals surface area contributed by atoms with Gasteiger partial charge in [0.25, 0.3) is 0 Å². The van der Waals surface area contributed by atoms with E-state index in [1.54, 1.807) is 0 Å². The number of piperidine rings is 1. The number of aromatic nitrogens is 2. The highest BCUT2D eigenvalue weighted by Crippen LogP contribution is 2.17. The van der Waals surface area contributed by atoms with Crippen LogP contribution < -0.4 is 0 Å². The molecule has 1 fully saturated rings. The van der Waals surface area contributed by atoms with Gasteiger partial charge in [0.1, 0.15) is 0 Å². The average Bonchev–Trinajstić information content (AvgIpc) is 2.92. The molecule has 0 bridgehead atoms. The Labute approximate surface area is 137 Å². The number of aryl methyl sites for hydroxylation is 1. The van der Waals surface area contributed by atoms with E-state index in [1.807, 2.05) is 11.9 Å². The lowest BCUT2D eigenvalue weighted by Crippen LogP contribution is -2.44. The Hall–Kier alpha value is -1.47. The van der Waals surface area contributed by atoms with Gasteiger partial charge in [-0.2, -0.15) is 4.98 Å². The molecule has 2 rings (SSSR count). The third-order valence-electron chi connectivity index (χ3n) is 4.38. The van der Waals surface area contributed by atoms with Gasteiger partial charge in [-0.1, -0.05) is 19.0 Å². The number of nitrogens with zero attached hydrogens (tertiary/aromatic N) is 4. The first-order chi connectivity index (χ1) is 10.9. The minimum atomic E-state index is -0.769. The van der Waals surface area contributed by atoms with Crippen LogP contribution in [0.25, 0.3) is 0 Å². The zero-order chi connectivity index (χ0) is 16.8. The van der Waals surface area contributed by atoms with E-state index < -0.39 is 5.97 Å². The number of hydrogen-bond donors (Lipinski definition) is 1. The van der Waals surface area contributed by atoms with Gasteiger partial charge in [0.05, 0.1) is 13.1 Å². The van der Waals surface area contributed by atoms with Crippen molar-refractivity contribution in [2.75, 3.05) is 26.7 Å². The molecule has 0 saturated carbocycles. The van der Waals surface area contributed by atoms with Crippen LogP contribution in [0.2, 0.25) is 0 Å². The zero-order valence-corrected chi connectivity index (χ0v) is 14.4. The van der Waals surface area contributed by atoms with E-state index in [-0.39, 0.29) is 6.54 Å². The number of hydrogen-bond acceptors (Lipinski definition) is 6. The highest BCUT2D eigenvalue weighted by molar-refractivity contribution is 5.69. The van der Waals surface area contributed by atoms with Crippen molar-refractivity contribution in [1.82, 2.24) is 19.9 Å². The molecule has 1 aliphatic rings. The second kappa shape index (κ2) is 8.40. The molecule has 2 heterocycles. The fourth-order valence-electron chi connectivity index (χ4n) is 2.93. The average molecular weight is 324 g/mol. The molecule has 0 atom stereocenters. The fourth-order valence-corrected chi connectivity index (χ4v) is 2.93. The Morgan fingerprint density at radius 3 is 2.74 bits per heavy atom. The first-order valence-electron chi connectivity index (χ1n) is 8.40. The highest BCUT2D eigenvalue weighted by atomic mass is 16.5. The molecule has 0 spiro atoms. The molecular weight excluding hydrogens is 296 g/mol. The summed E-state index contributed by atoms with van der Waals surface area (Å²) in [4.78, 5) is 19.5. The molecule has 1 saturated heterocycles. The maximum Gasteiger partial charge on any atom is 0.317 e. The largest absolute Gasteiger partial charge is 0.480 e. The minimum absolute atomic E-state index is 0.105. The third-order valence-corrected chi connectivity index (χ3v) is 4.38. The summed E-state index contributed by atoms with van der Waals surface area (Å²) in [5.41, 5.74) is 0. The van der Waals surface area contributed by atoms with Crippen molar-refractivity contribution in [1.29, 1.82) is 0 Å². The van der Waals surface area contributed by atoms with Crippen molar-refractivity contribution in [2.45, 2.75) is 52.1 Å². The second-order valence-corrected chi connectivity index (χ2v) is 6.85. The molecule has 0 aromatic carbocycles. The summed E-state index contributed by atoms with van der Waals surface area (Å²) in [6.07, 6.45) is 3.87. The first-order valence-corrected chi connectivity index (χ1v) is 8.40. The van der Waals surface area contributed by atoms with Crippen molar-refractivity contribution < 1.29 is 14.4 Å². The molecule has 0 unspecified atom stereocenters. The van der Waals surface area contributed by atoms with E-state index in [1.165, 1.54) is 0 Å². The van der Waals surface area contributed by atoms with E-state index in [0.29, 0.717) is 24.4 Å². The summed E-state index contributed by atoms with van der Waals surface area (Å²) in [6, 6.07) is 0.339. The summed E-state index contributed by atoms with van der Waals surface area (Å²) in [5, 5.41) is 12.9. The quantitative estimate of drug-likeness (QED) is 0.778. The smallest absolute Gasteiger partial charge is 0.317 e. The van der Waals surface area contributed by atoms with E-state index in [2.05, 4.69) is 28.9 Å². The lowest BCUT2D eigenvalue weighted by Gasteiger charge is -2.35. The molecule has 1 aromatic heterocycles. The monoisotopic (exact) mass is 324 g/mol. The number of carboxylic acids is 1. The van der Waals surface area contributed by atoms with Crippen LogP contribution in [-0.4, -0.2) is 63.7 Å². The molecule has 1 aromatic rings. The van der Waals surface area contributed by atoms with E-state index >= 15 is 0 Å². The number of carbonyl (C=O) groups is 1. The normalized spacial score (nSPS) is 17.3. The van der Waals surface area contributed by atoms with Crippen LogP contribution >= 0.6 is 0 Å². The van der Waals surface area contributed by atoms with Gasteiger partial charge in [0.2, 0.25) is 5.89 Å². The summed E-state index contributed by atoms with van der Waals surface area (Å²) in [6.45, 7) is 7.02. The third kappa shape index (κ3) is 5.91. The predicted molar refractivity (Wildman–Crippen MR) is 86.0 cm³/mol. The van der Waals surface area contributed by atoms with Gasteiger partial charge in [-0.25, -0.2) is 0 Å². The molecule has 23 heavy (non-hydrogen) atoms. The number of carboxylic acid groups (broad SMARTS) is 1. The van der Waals surface area contributed by atoms with Gasteiger partial charge in [-0.05, 0) is 32.2 Å². The van der Waals surface area contributed by atoms with Gasteiger partial charge < -0.3 is 9.63 Å². The highest BCUT2D eigenvalue weighted by Gasteiger charge is 2.24. The molecule has 7 heteroatoms. The maximum absolute atomic E-state index is 10.8. The van der Waals surface area contributed by atoms with Gasteiger partial charge in [-0.3, -0.25) is 14.6 Å². The van der Waals surface area contributed by atoms with E-state index in [9.17, 15) is 4.79 Å². The van der Waals surface area contributed by atoms with Gasteiger partial charge in [0, 0.05) is 25.6 Å². The molecule has 0 radical (unpaired) electrons. The first kappa shape index (κ1) is 17.9. The minimum Gasteiger partial charge on any atom is -0.480 e. The van der Waals surface area contributed by atoms with E-state index in [0.717, 1.165) is 44.6 Å². The Balaban J connectivity index is 1.75.